The van der Waals surface area contributed by atoms with Crippen molar-refractivity contribution in [3.63, 3.8) is 0 Å². The van der Waals surface area contributed by atoms with Crippen LogP contribution in [0.5, 0.6) is 0 Å². The van der Waals surface area contributed by atoms with Crippen molar-refractivity contribution in [3.05, 3.63) is 53.1 Å². The van der Waals surface area contributed by atoms with E-state index < -0.39 is 0 Å². The molecule has 4 rings (SSSR count). The first-order valence-electron chi connectivity index (χ1n) is 7.45. The van der Waals surface area contributed by atoms with Crippen LogP contribution < -0.4 is 4.90 Å². The average Bonchev–Trinajstić information content (AvgIpc) is 2.90. The Bertz CT molecular complexity index is 819. The van der Waals surface area contributed by atoms with Crippen LogP contribution in [0.15, 0.2) is 36.4 Å². The fraction of sp³-hybridized carbons (Fsp3) is 0.278. The second-order valence-corrected chi connectivity index (χ2v) is 6.79. The molecular formula is C18H18N2S. The second-order valence-electron chi connectivity index (χ2n) is 5.81. The van der Waals surface area contributed by atoms with E-state index in [-0.39, 0.29) is 0 Å². The quantitative estimate of drug-likeness (QED) is 0.628. The summed E-state index contributed by atoms with van der Waals surface area (Å²) in [6.07, 6.45) is 2.38. The number of aromatic nitrogens is 1. The Labute approximate surface area is 129 Å². The van der Waals surface area contributed by atoms with Crippen LogP contribution in [0.1, 0.15) is 23.1 Å². The Hall–Kier alpha value is -1.87. The lowest BCUT2D eigenvalue weighted by molar-refractivity contribution is 0.765. The summed E-state index contributed by atoms with van der Waals surface area (Å²) in [6, 6.07) is 13.2. The van der Waals surface area contributed by atoms with Gasteiger partial charge in [-0.25, -0.2) is 4.98 Å². The SMILES string of the molecule is Cc1cc(C)c2sc(N3CCCc4ccccc43)nc2c1. The van der Waals surface area contributed by atoms with Crippen LogP contribution in [-0.4, -0.2) is 11.5 Å². The Morgan fingerprint density at radius 2 is 2.00 bits per heavy atom. The molecule has 0 fully saturated rings. The molecule has 1 aromatic heterocycles. The van der Waals surface area contributed by atoms with Gasteiger partial charge in [-0.05, 0) is 55.5 Å². The first-order chi connectivity index (χ1) is 10.2. The van der Waals surface area contributed by atoms with Crippen LogP contribution in [0.25, 0.3) is 10.2 Å². The molecule has 0 spiro atoms. The summed E-state index contributed by atoms with van der Waals surface area (Å²) in [5.74, 6) is 0. The fourth-order valence-corrected chi connectivity index (χ4v) is 4.27. The lowest BCUT2D eigenvalue weighted by Crippen LogP contribution is -2.24. The summed E-state index contributed by atoms with van der Waals surface area (Å²) in [6.45, 7) is 5.39. The van der Waals surface area contributed by atoms with Crippen molar-refractivity contribution in [2.75, 3.05) is 11.4 Å². The maximum absolute atomic E-state index is 4.90. The lowest BCUT2D eigenvalue weighted by Gasteiger charge is -2.28. The summed E-state index contributed by atoms with van der Waals surface area (Å²) in [7, 11) is 0. The number of anilines is 2. The van der Waals surface area contributed by atoms with Crippen molar-refractivity contribution >= 4 is 32.4 Å². The number of hydrogen-bond acceptors (Lipinski definition) is 3. The van der Waals surface area contributed by atoms with E-state index in [9.17, 15) is 0 Å². The highest BCUT2D eigenvalue weighted by atomic mass is 32.1. The third-order valence-electron chi connectivity index (χ3n) is 4.15. The van der Waals surface area contributed by atoms with Gasteiger partial charge >= 0.3 is 0 Å². The minimum absolute atomic E-state index is 1.06. The largest absolute Gasteiger partial charge is 0.318 e. The van der Waals surface area contributed by atoms with E-state index in [1.165, 1.54) is 39.9 Å². The van der Waals surface area contributed by atoms with Gasteiger partial charge in [-0.15, -0.1) is 0 Å². The number of para-hydroxylation sites is 1. The molecule has 2 nitrogen and oxygen atoms in total. The summed E-state index contributed by atoms with van der Waals surface area (Å²) in [5.41, 5.74) is 6.53. The highest BCUT2D eigenvalue weighted by molar-refractivity contribution is 7.22. The van der Waals surface area contributed by atoms with Crippen molar-refractivity contribution in [1.29, 1.82) is 0 Å². The van der Waals surface area contributed by atoms with E-state index in [1.54, 1.807) is 0 Å². The van der Waals surface area contributed by atoms with Crippen molar-refractivity contribution in [3.8, 4) is 0 Å². The van der Waals surface area contributed by atoms with Crippen LogP contribution in [-0.2, 0) is 6.42 Å². The summed E-state index contributed by atoms with van der Waals surface area (Å²) in [4.78, 5) is 7.29. The van der Waals surface area contributed by atoms with Gasteiger partial charge < -0.3 is 4.90 Å². The Morgan fingerprint density at radius 1 is 1.14 bits per heavy atom. The normalized spacial score (nSPS) is 14.5. The zero-order chi connectivity index (χ0) is 14.4. The molecule has 3 heteroatoms. The third-order valence-corrected chi connectivity index (χ3v) is 5.38. The molecule has 0 bridgehead atoms. The van der Waals surface area contributed by atoms with Crippen LogP contribution in [0, 0.1) is 13.8 Å². The predicted molar refractivity (Wildman–Crippen MR) is 90.9 cm³/mol. The first-order valence-corrected chi connectivity index (χ1v) is 8.27. The van der Waals surface area contributed by atoms with Crippen molar-refractivity contribution in [2.45, 2.75) is 26.7 Å². The van der Waals surface area contributed by atoms with Crippen molar-refractivity contribution < 1.29 is 0 Å². The zero-order valence-electron chi connectivity index (χ0n) is 12.4. The van der Waals surface area contributed by atoms with Crippen molar-refractivity contribution in [2.24, 2.45) is 0 Å². The molecule has 0 atom stereocenters. The topological polar surface area (TPSA) is 16.1 Å². The number of aryl methyl sites for hydroxylation is 3. The van der Waals surface area contributed by atoms with Gasteiger partial charge in [0.1, 0.15) is 0 Å². The maximum atomic E-state index is 4.90. The average molecular weight is 294 g/mol. The van der Waals surface area contributed by atoms with E-state index in [0.29, 0.717) is 0 Å². The van der Waals surface area contributed by atoms with Crippen molar-refractivity contribution in [1.82, 2.24) is 4.98 Å². The highest BCUT2D eigenvalue weighted by Gasteiger charge is 2.21. The molecule has 2 heterocycles. The second kappa shape index (κ2) is 4.85. The monoisotopic (exact) mass is 294 g/mol. The number of hydrogen-bond donors (Lipinski definition) is 0. The van der Waals surface area contributed by atoms with E-state index in [0.717, 1.165) is 17.2 Å². The number of benzene rings is 2. The maximum Gasteiger partial charge on any atom is 0.190 e. The van der Waals surface area contributed by atoms with E-state index >= 15 is 0 Å². The van der Waals surface area contributed by atoms with Crippen LogP contribution >= 0.6 is 11.3 Å². The standard InChI is InChI=1S/C18H18N2S/c1-12-10-13(2)17-15(11-12)19-18(21-17)20-9-5-7-14-6-3-4-8-16(14)20/h3-4,6,8,10-11H,5,7,9H2,1-2H3. The van der Waals surface area contributed by atoms with Gasteiger partial charge in [0.25, 0.3) is 0 Å². The number of rotatable bonds is 1. The van der Waals surface area contributed by atoms with Crippen LogP contribution in [0.4, 0.5) is 10.8 Å². The van der Waals surface area contributed by atoms with E-state index in [1.807, 2.05) is 11.3 Å². The number of nitrogens with zero attached hydrogens (tertiary/aromatic N) is 2. The molecule has 0 saturated heterocycles. The Balaban J connectivity index is 1.86. The van der Waals surface area contributed by atoms with Gasteiger partial charge in [0, 0.05) is 12.2 Å². The number of fused-ring (bicyclic) bond motifs is 2. The molecule has 0 radical (unpaired) electrons. The summed E-state index contributed by atoms with van der Waals surface area (Å²) >= 11 is 1.82. The van der Waals surface area contributed by atoms with E-state index in [4.69, 9.17) is 4.98 Å². The summed E-state index contributed by atoms with van der Waals surface area (Å²) < 4.78 is 1.32. The molecule has 1 aliphatic rings. The predicted octanol–water partition coefficient (Wildman–Crippen LogP) is 5.00. The molecule has 0 N–H and O–H groups in total. The highest BCUT2D eigenvalue weighted by Crippen LogP contribution is 2.38. The minimum Gasteiger partial charge on any atom is -0.318 e. The molecule has 0 saturated carbocycles. The zero-order valence-corrected chi connectivity index (χ0v) is 13.2. The Morgan fingerprint density at radius 3 is 2.90 bits per heavy atom. The Kier molecular flexibility index (Phi) is 2.96. The van der Waals surface area contributed by atoms with Crippen LogP contribution in [0.3, 0.4) is 0 Å². The van der Waals surface area contributed by atoms with Gasteiger partial charge in [0.2, 0.25) is 0 Å². The van der Waals surface area contributed by atoms with Crippen LogP contribution in [0.2, 0.25) is 0 Å². The molecule has 2 aromatic carbocycles. The molecule has 0 unspecified atom stereocenters. The first kappa shape index (κ1) is 12.8. The minimum atomic E-state index is 1.06. The molecule has 0 amide bonds. The number of thiazole rings is 1. The third kappa shape index (κ3) is 2.12. The van der Waals surface area contributed by atoms with E-state index in [2.05, 4.69) is 55.1 Å². The molecule has 1 aliphatic heterocycles. The van der Waals surface area contributed by atoms with Gasteiger partial charge in [-0.2, -0.15) is 0 Å². The lowest BCUT2D eigenvalue weighted by atomic mass is 10.0. The van der Waals surface area contributed by atoms with Gasteiger partial charge in [0.05, 0.1) is 10.2 Å². The molecular weight excluding hydrogens is 276 g/mol. The molecule has 21 heavy (non-hydrogen) atoms. The molecule has 0 aliphatic carbocycles. The van der Waals surface area contributed by atoms with Gasteiger partial charge in [-0.1, -0.05) is 35.6 Å². The molecule has 3 aromatic rings. The smallest absolute Gasteiger partial charge is 0.190 e. The molecule has 106 valence electrons. The van der Waals surface area contributed by atoms with Gasteiger partial charge in [-0.3, -0.25) is 0 Å². The summed E-state index contributed by atoms with van der Waals surface area (Å²) in [5, 5.41) is 1.13. The van der Waals surface area contributed by atoms with Gasteiger partial charge in [0.15, 0.2) is 5.13 Å². The fourth-order valence-electron chi connectivity index (χ4n) is 3.21.